The lowest BCUT2D eigenvalue weighted by Gasteiger charge is -2.23. The molecule has 1 aliphatic heterocycles. The predicted molar refractivity (Wildman–Crippen MR) is 82.8 cm³/mol. The monoisotopic (exact) mass is 288 g/mol. The summed E-state index contributed by atoms with van der Waals surface area (Å²) in [7, 11) is 1.82. The van der Waals surface area contributed by atoms with Gasteiger partial charge in [-0.05, 0) is 24.9 Å². The summed E-state index contributed by atoms with van der Waals surface area (Å²) >= 11 is 0. The van der Waals surface area contributed by atoms with Crippen molar-refractivity contribution in [1.82, 2.24) is 10.2 Å². The van der Waals surface area contributed by atoms with E-state index in [1.54, 1.807) is 0 Å². The Morgan fingerprint density at radius 2 is 1.86 bits per heavy atom. The molecule has 1 N–H and O–H groups in total. The van der Waals surface area contributed by atoms with E-state index in [0.29, 0.717) is 13.1 Å². The minimum Gasteiger partial charge on any atom is -0.318 e. The van der Waals surface area contributed by atoms with Crippen LogP contribution >= 0.6 is 0 Å². The van der Waals surface area contributed by atoms with E-state index in [1.165, 1.54) is 4.90 Å². The fourth-order valence-electron chi connectivity index (χ4n) is 3.26. The standard InChI is InChI=1S/C17H24N2O2/c1-4-14(13-8-6-5-7-9-13)15-12(2)16(20)19(17(15)21)11-10-18-3/h5-9,12,14-15,18H,4,10-11H2,1-3H3. The van der Waals surface area contributed by atoms with Gasteiger partial charge in [0.05, 0.1) is 5.92 Å². The van der Waals surface area contributed by atoms with E-state index in [2.05, 4.69) is 24.4 Å². The molecule has 4 nitrogen and oxygen atoms in total. The molecule has 1 aliphatic rings. The van der Waals surface area contributed by atoms with E-state index in [1.807, 2.05) is 32.2 Å². The molecule has 0 aromatic heterocycles. The molecule has 1 aromatic carbocycles. The summed E-state index contributed by atoms with van der Waals surface area (Å²) in [6, 6.07) is 10.1. The van der Waals surface area contributed by atoms with Crippen LogP contribution in [0.1, 0.15) is 31.7 Å². The molecule has 4 heteroatoms. The van der Waals surface area contributed by atoms with Gasteiger partial charge in [0, 0.05) is 19.0 Å². The lowest BCUT2D eigenvalue weighted by molar-refractivity contribution is -0.139. The van der Waals surface area contributed by atoms with Crippen LogP contribution in [0.3, 0.4) is 0 Å². The van der Waals surface area contributed by atoms with Gasteiger partial charge in [0.2, 0.25) is 11.8 Å². The topological polar surface area (TPSA) is 49.4 Å². The first-order valence-electron chi connectivity index (χ1n) is 7.66. The Kier molecular flexibility index (Phi) is 5.12. The molecule has 2 amide bonds. The molecule has 3 atom stereocenters. The molecular weight excluding hydrogens is 264 g/mol. The van der Waals surface area contributed by atoms with Crippen LogP contribution in [0.2, 0.25) is 0 Å². The first-order valence-corrected chi connectivity index (χ1v) is 7.66. The van der Waals surface area contributed by atoms with Gasteiger partial charge in [0.1, 0.15) is 0 Å². The minimum absolute atomic E-state index is 0.0153. The van der Waals surface area contributed by atoms with Gasteiger partial charge in [-0.3, -0.25) is 14.5 Å². The van der Waals surface area contributed by atoms with Crippen LogP contribution in [0.5, 0.6) is 0 Å². The molecule has 1 saturated heterocycles. The molecule has 1 aromatic rings. The molecule has 0 bridgehead atoms. The number of carbonyl (C=O) groups excluding carboxylic acids is 2. The number of nitrogens with zero attached hydrogens (tertiary/aromatic N) is 1. The third-order valence-electron chi connectivity index (χ3n) is 4.43. The molecule has 0 spiro atoms. The van der Waals surface area contributed by atoms with Gasteiger partial charge in [-0.2, -0.15) is 0 Å². The van der Waals surface area contributed by atoms with Crippen LogP contribution in [0.15, 0.2) is 30.3 Å². The van der Waals surface area contributed by atoms with Crippen LogP contribution in [0.4, 0.5) is 0 Å². The number of hydrogen-bond donors (Lipinski definition) is 1. The van der Waals surface area contributed by atoms with E-state index in [9.17, 15) is 9.59 Å². The van der Waals surface area contributed by atoms with Crippen molar-refractivity contribution in [3.05, 3.63) is 35.9 Å². The summed E-state index contributed by atoms with van der Waals surface area (Å²) < 4.78 is 0. The van der Waals surface area contributed by atoms with Crippen LogP contribution < -0.4 is 5.32 Å². The summed E-state index contributed by atoms with van der Waals surface area (Å²) in [6.45, 7) is 5.06. The SMILES string of the molecule is CCC(c1ccccc1)C1C(=O)N(CCNC)C(=O)C1C. The molecule has 1 fully saturated rings. The number of likely N-dealkylation sites (tertiary alicyclic amines) is 1. The van der Waals surface area contributed by atoms with Gasteiger partial charge in [0.25, 0.3) is 0 Å². The normalized spacial score (nSPS) is 23.7. The minimum atomic E-state index is -0.237. The zero-order valence-electron chi connectivity index (χ0n) is 13.0. The first-order chi connectivity index (χ1) is 10.1. The number of hydrogen-bond acceptors (Lipinski definition) is 3. The maximum absolute atomic E-state index is 12.7. The summed E-state index contributed by atoms with van der Waals surface area (Å²) in [4.78, 5) is 26.5. The first kappa shape index (κ1) is 15.7. The zero-order valence-corrected chi connectivity index (χ0v) is 13.0. The number of imide groups is 1. The fraction of sp³-hybridized carbons (Fsp3) is 0.529. The Bertz CT molecular complexity index is 501. The lowest BCUT2D eigenvalue weighted by atomic mass is 9.78. The fourth-order valence-corrected chi connectivity index (χ4v) is 3.26. The number of amides is 2. The molecule has 2 rings (SSSR count). The summed E-state index contributed by atoms with van der Waals surface area (Å²) in [6.07, 6.45) is 0.859. The quantitative estimate of drug-likeness (QED) is 0.815. The average Bonchev–Trinajstić information content (AvgIpc) is 2.71. The lowest BCUT2D eigenvalue weighted by Crippen LogP contribution is -2.36. The van der Waals surface area contributed by atoms with Crippen molar-refractivity contribution >= 4 is 11.8 Å². The van der Waals surface area contributed by atoms with E-state index in [0.717, 1.165) is 12.0 Å². The maximum atomic E-state index is 12.7. The highest BCUT2D eigenvalue weighted by Gasteiger charge is 2.47. The van der Waals surface area contributed by atoms with Gasteiger partial charge in [0.15, 0.2) is 0 Å². The van der Waals surface area contributed by atoms with Crippen molar-refractivity contribution in [3.8, 4) is 0 Å². The highest BCUT2D eigenvalue weighted by molar-refractivity contribution is 6.05. The highest BCUT2D eigenvalue weighted by atomic mass is 16.2. The van der Waals surface area contributed by atoms with Gasteiger partial charge >= 0.3 is 0 Å². The number of rotatable bonds is 6. The molecule has 1 heterocycles. The van der Waals surface area contributed by atoms with Gasteiger partial charge in [-0.1, -0.05) is 44.2 Å². The third-order valence-corrected chi connectivity index (χ3v) is 4.43. The third kappa shape index (κ3) is 3.00. The Morgan fingerprint density at radius 1 is 1.19 bits per heavy atom. The van der Waals surface area contributed by atoms with Crippen molar-refractivity contribution in [3.63, 3.8) is 0 Å². The second-order valence-electron chi connectivity index (χ2n) is 5.67. The highest BCUT2D eigenvalue weighted by Crippen LogP contribution is 2.39. The van der Waals surface area contributed by atoms with Crippen LogP contribution in [-0.4, -0.2) is 36.9 Å². The summed E-state index contributed by atoms with van der Waals surface area (Å²) in [5, 5.41) is 2.99. The van der Waals surface area contributed by atoms with Crippen molar-refractivity contribution in [1.29, 1.82) is 0 Å². The van der Waals surface area contributed by atoms with E-state index < -0.39 is 0 Å². The number of likely N-dealkylation sites (N-methyl/N-ethyl adjacent to an activating group) is 1. The number of nitrogens with one attached hydrogen (secondary N) is 1. The Labute approximate surface area is 126 Å². The largest absolute Gasteiger partial charge is 0.318 e. The van der Waals surface area contributed by atoms with Crippen molar-refractivity contribution in [2.24, 2.45) is 11.8 Å². The van der Waals surface area contributed by atoms with E-state index in [-0.39, 0.29) is 29.6 Å². The summed E-state index contributed by atoms with van der Waals surface area (Å²) in [5.74, 6) is -0.411. The zero-order chi connectivity index (χ0) is 15.4. The Balaban J connectivity index is 2.25. The molecular formula is C17H24N2O2. The average molecular weight is 288 g/mol. The summed E-state index contributed by atoms with van der Waals surface area (Å²) in [5.41, 5.74) is 1.15. The van der Waals surface area contributed by atoms with Crippen LogP contribution in [0, 0.1) is 11.8 Å². The van der Waals surface area contributed by atoms with Crippen molar-refractivity contribution < 1.29 is 9.59 Å². The second-order valence-corrected chi connectivity index (χ2v) is 5.67. The number of benzene rings is 1. The second kappa shape index (κ2) is 6.85. The molecule has 3 unspecified atom stereocenters. The van der Waals surface area contributed by atoms with Gasteiger partial charge in [-0.25, -0.2) is 0 Å². The van der Waals surface area contributed by atoms with Crippen LogP contribution in [0.25, 0.3) is 0 Å². The van der Waals surface area contributed by atoms with Gasteiger partial charge in [-0.15, -0.1) is 0 Å². The van der Waals surface area contributed by atoms with Crippen molar-refractivity contribution in [2.75, 3.05) is 20.1 Å². The smallest absolute Gasteiger partial charge is 0.233 e. The molecule has 0 saturated carbocycles. The molecule has 0 aliphatic carbocycles. The molecule has 0 radical (unpaired) electrons. The van der Waals surface area contributed by atoms with E-state index in [4.69, 9.17) is 0 Å². The predicted octanol–water partition coefficient (Wildman–Crippen LogP) is 2.02. The van der Waals surface area contributed by atoms with Crippen LogP contribution in [-0.2, 0) is 9.59 Å². The Hall–Kier alpha value is -1.68. The molecule has 21 heavy (non-hydrogen) atoms. The number of carbonyl (C=O) groups is 2. The van der Waals surface area contributed by atoms with Gasteiger partial charge < -0.3 is 5.32 Å². The van der Waals surface area contributed by atoms with Crippen molar-refractivity contribution in [2.45, 2.75) is 26.2 Å². The molecule has 114 valence electrons. The maximum Gasteiger partial charge on any atom is 0.233 e. The Morgan fingerprint density at radius 3 is 2.43 bits per heavy atom. The van der Waals surface area contributed by atoms with E-state index >= 15 is 0 Å².